The van der Waals surface area contributed by atoms with Gasteiger partial charge in [0.05, 0.1) is 18.1 Å². The molecule has 0 saturated carbocycles. The lowest BCUT2D eigenvalue weighted by atomic mass is 10.1. The molecule has 0 aliphatic carbocycles. The Morgan fingerprint density at radius 3 is 2.06 bits per heavy atom. The summed E-state index contributed by atoms with van der Waals surface area (Å²) in [7, 11) is -1.56. The van der Waals surface area contributed by atoms with Gasteiger partial charge in [-0.1, -0.05) is 42.5 Å². The highest BCUT2D eigenvalue weighted by atomic mass is 32.2. The van der Waals surface area contributed by atoms with Crippen molar-refractivity contribution < 1.29 is 28.2 Å². The van der Waals surface area contributed by atoms with Crippen molar-refractivity contribution in [2.24, 2.45) is 0 Å². The average molecular weight is 502 g/mol. The van der Waals surface area contributed by atoms with Gasteiger partial charge in [0.2, 0.25) is 14.7 Å². The average Bonchev–Trinajstić information content (AvgIpc) is 2.86. The molecule has 3 N–H and O–H groups in total. The van der Waals surface area contributed by atoms with Crippen molar-refractivity contribution >= 4 is 27.6 Å². The number of benzene rings is 3. The third-order valence-corrected chi connectivity index (χ3v) is 9.02. The minimum absolute atomic E-state index is 0.145. The van der Waals surface area contributed by atoms with Gasteiger partial charge in [0.15, 0.2) is 0 Å². The smallest absolute Gasteiger partial charge is 0.340 e. The minimum Gasteiger partial charge on any atom is -0.497 e. The molecule has 0 fully saturated rings. The molecule has 34 heavy (non-hydrogen) atoms. The first-order chi connectivity index (χ1) is 16.2. The highest BCUT2D eigenvalue weighted by molar-refractivity contribution is 7.99. The summed E-state index contributed by atoms with van der Waals surface area (Å²) in [6.07, 6.45) is -1.69. The number of ether oxygens (including phenoxy) is 1. The van der Waals surface area contributed by atoms with Crippen molar-refractivity contribution in [1.29, 1.82) is 0 Å². The molecule has 3 rings (SSSR count). The number of carboxylic acids is 1. The number of likely N-dealkylation sites (N-methyl/N-ethyl adjacent to an activating group) is 1. The maximum atomic E-state index is 13.5. The first-order valence-electron chi connectivity index (χ1n) is 10.5. The Hall–Kier alpha value is -2.85. The van der Waals surface area contributed by atoms with Crippen molar-refractivity contribution in [2.75, 3.05) is 19.9 Å². The second-order valence-electron chi connectivity index (χ2n) is 7.62. The third kappa shape index (κ3) is 5.44. The largest absolute Gasteiger partial charge is 0.497 e. The second-order valence-corrected chi connectivity index (χ2v) is 10.9. The van der Waals surface area contributed by atoms with Crippen molar-refractivity contribution in [3.05, 3.63) is 78.9 Å². The summed E-state index contributed by atoms with van der Waals surface area (Å²) in [4.78, 5) is 10.6. The molecule has 180 valence electrons. The molecule has 9 heteroatoms. The lowest BCUT2D eigenvalue weighted by Gasteiger charge is -2.30. The Balaban J connectivity index is 1.84. The van der Waals surface area contributed by atoms with Crippen LogP contribution in [0.25, 0.3) is 11.1 Å². The maximum Gasteiger partial charge on any atom is 0.340 e. The normalized spacial score (nSPS) is 14.2. The second kappa shape index (κ2) is 11.1. The number of thioether (sulfide) groups is 1. The van der Waals surface area contributed by atoms with Gasteiger partial charge in [-0.2, -0.15) is 0 Å². The summed E-state index contributed by atoms with van der Waals surface area (Å²) < 4.78 is 32.1. The van der Waals surface area contributed by atoms with Gasteiger partial charge >= 0.3 is 5.97 Å². The molecule has 0 aromatic heterocycles. The number of aliphatic hydroxyl groups excluding tert-OH is 1. The van der Waals surface area contributed by atoms with Crippen molar-refractivity contribution in [1.82, 2.24) is 5.32 Å². The van der Waals surface area contributed by atoms with Crippen molar-refractivity contribution in [3.8, 4) is 16.9 Å². The molecule has 0 spiro atoms. The summed E-state index contributed by atoms with van der Waals surface area (Å²) in [5.74, 6) is -0.725. The van der Waals surface area contributed by atoms with Gasteiger partial charge in [-0.05, 0) is 54.6 Å². The van der Waals surface area contributed by atoms with Gasteiger partial charge in [-0.15, -0.1) is 11.8 Å². The number of sulfone groups is 1. The van der Waals surface area contributed by atoms with Crippen LogP contribution >= 0.6 is 11.8 Å². The van der Waals surface area contributed by atoms with Gasteiger partial charge < -0.3 is 14.9 Å². The SMILES string of the molecule is CNC(CC(O)CSc1ccccc1)(C(=O)O)S(=O)(=O)c1ccc(-c2ccc(OC)cc2)cc1. The minimum atomic E-state index is -4.40. The molecule has 0 saturated heterocycles. The zero-order valence-electron chi connectivity index (χ0n) is 18.8. The molecule has 3 aromatic rings. The highest BCUT2D eigenvalue weighted by Gasteiger charge is 2.52. The summed E-state index contributed by atoms with van der Waals surface area (Å²) >= 11 is 1.33. The van der Waals surface area contributed by atoms with Crippen LogP contribution in [0, 0.1) is 0 Å². The number of nitrogens with one attached hydrogen (secondary N) is 1. The summed E-state index contributed by atoms with van der Waals surface area (Å²) in [6.45, 7) is 0. The maximum absolute atomic E-state index is 13.5. The first kappa shape index (κ1) is 25.8. The molecule has 0 aliphatic rings. The molecule has 7 nitrogen and oxygen atoms in total. The molecular formula is C25H27NO6S2. The number of aliphatic hydroxyl groups is 1. The van der Waals surface area contributed by atoms with Gasteiger partial charge in [0.25, 0.3) is 0 Å². The van der Waals surface area contributed by atoms with Crippen molar-refractivity contribution in [3.63, 3.8) is 0 Å². The Bertz CT molecular complexity index is 1200. The number of rotatable bonds is 11. The van der Waals surface area contributed by atoms with Crippen LogP contribution in [-0.2, 0) is 14.6 Å². The van der Waals surface area contributed by atoms with Gasteiger partial charge in [-0.3, -0.25) is 5.32 Å². The summed E-state index contributed by atoms with van der Waals surface area (Å²) in [5, 5.41) is 23.0. The van der Waals surface area contributed by atoms with Gasteiger partial charge in [-0.25, -0.2) is 13.2 Å². The topological polar surface area (TPSA) is 113 Å². The summed E-state index contributed by atoms with van der Waals surface area (Å²) in [6, 6.07) is 22.6. The van der Waals surface area contributed by atoms with E-state index in [-0.39, 0.29) is 10.6 Å². The van der Waals surface area contributed by atoms with Crippen LogP contribution in [0.3, 0.4) is 0 Å². The van der Waals surface area contributed by atoms with Crippen LogP contribution in [0.1, 0.15) is 6.42 Å². The van der Waals surface area contributed by atoms with E-state index in [9.17, 15) is 23.4 Å². The van der Waals surface area contributed by atoms with E-state index < -0.39 is 33.2 Å². The fourth-order valence-electron chi connectivity index (χ4n) is 3.57. The molecule has 2 atom stereocenters. The first-order valence-corrected chi connectivity index (χ1v) is 13.0. The number of carboxylic acid groups (broad SMARTS) is 1. The van der Waals surface area contributed by atoms with E-state index in [0.717, 1.165) is 16.0 Å². The standard InChI is InChI=1S/C25H27NO6S2/c1-26-25(24(28)29,16-20(27)17-33-22-6-4-3-5-7-22)34(30,31)23-14-10-19(11-15-23)18-8-12-21(32-2)13-9-18/h3-15,20,26-27H,16-17H2,1-2H3,(H,28,29). The third-order valence-electron chi connectivity index (χ3n) is 5.50. The van der Waals surface area contributed by atoms with Crippen LogP contribution in [0.15, 0.2) is 88.7 Å². The molecule has 0 aliphatic heterocycles. The number of hydrogen-bond acceptors (Lipinski definition) is 7. The number of aliphatic carboxylic acids is 1. The van der Waals surface area contributed by atoms with E-state index in [4.69, 9.17) is 4.74 Å². The molecule has 3 aromatic carbocycles. The fraction of sp³-hybridized carbons (Fsp3) is 0.240. The molecule has 0 amide bonds. The van der Waals surface area contributed by atoms with Crippen LogP contribution in [0.4, 0.5) is 0 Å². The molecule has 0 bridgehead atoms. The lowest BCUT2D eigenvalue weighted by molar-refractivity contribution is -0.142. The Morgan fingerprint density at radius 2 is 1.56 bits per heavy atom. The van der Waals surface area contributed by atoms with E-state index in [1.54, 1.807) is 31.4 Å². The van der Waals surface area contributed by atoms with E-state index in [1.165, 1.54) is 30.9 Å². The number of methoxy groups -OCH3 is 1. The predicted octanol–water partition coefficient (Wildman–Crippen LogP) is 3.68. The monoisotopic (exact) mass is 501 g/mol. The van der Waals surface area contributed by atoms with E-state index in [1.807, 2.05) is 42.5 Å². The number of carbonyl (C=O) groups is 1. The Morgan fingerprint density at radius 1 is 1.00 bits per heavy atom. The fourth-order valence-corrected chi connectivity index (χ4v) is 6.23. The highest BCUT2D eigenvalue weighted by Crippen LogP contribution is 2.32. The summed E-state index contributed by atoms with van der Waals surface area (Å²) in [5.41, 5.74) is 1.63. The van der Waals surface area contributed by atoms with Crippen LogP contribution < -0.4 is 10.1 Å². The van der Waals surface area contributed by atoms with E-state index in [2.05, 4.69) is 5.32 Å². The van der Waals surface area contributed by atoms with Gasteiger partial charge in [0.1, 0.15) is 5.75 Å². The number of hydrogen-bond donors (Lipinski definition) is 3. The van der Waals surface area contributed by atoms with Crippen molar-refractivity contribution in [2.45, 2.75) is 27.2 Å². The molecule has 2 unspecified atom stereocenters. The Kier molecular flexibility index (Phi) is 8.37. The van der Waals surface area contributed by atoms with E-state index >= 15 is 0 Å². The zero-order valence-corrected chi connectivity index (χ0v) is 20.5. The lowest BCUT2D eigenvalue weighted by Crippen LogP contribution is -2.58. The van der Waals surface area contributed by atoms with Crippen LogP contribution in [0.2, 0.25) is 0 Å². The quantitative estimate of drug-likeness (QED) is 0.341. The molecule has 0 radical (unpaired) electrons. The molecular weight excluding hydrogens is 474 g/mol. The van der Waals surface area contributed by atoms with Gasteiger partial charge in [0, 0.05) is 17.1 Å². The molecule has 0 heterocycles. The van der Waals surface area contributed by atoms with Crippen LogP contribution in [-0.4, -0.2) is 55.5 Å². The zero-order chi connectivity index (χ0) is 24.8. The predicted molar refractivity (Wildman–Crippen MR) is 133 cm³/mol. The van der Waals surface area contributed by atoms with E-state index in [0.29, 0.717) is 5.75 Å². The van der Waals surface area contributed by atoms with Crippen LogP contribution in [0.5, 0.6) is 5.75 Å². The Labute approximate surface area is 203 Å².